The lowest BCUT2D eigenvalue weighted by atomic mass is 10.4. The van der Waals surface area contributed by atoms with Crippen molar-refractivity contribution in [3.05, 3.63) is 24.3 Å². The van der Waals surface area contributed by atoms with Gasteiger partial charge in [0.15, 0.2) is 5.82 Å². The molecule has 0 aliphatic carbocycles. The molecule has 0 aliphatic rings. The Morgan fingerprint density at radius 1 is 1.62 bits per heavy atom. The third kappa shape index (κ3) is 1.17. The largest absolute Gasteiger partial charge is 0.387 e. The number of aryl methyl sites for hydroxylation is 1. The van der Waals surface area contributed by atoms with E-state index in [0.717, 1.165) is 11.0 Å². The fraction of sp³-hybridized carbons (Fsp3) is 0.125. The highest BCUT2D eigenvalue weighted by Gasteiger charge is 2.08. The van der Waals surface area contributed by atoms with Gasteiger partial charge in [-0.25, -0.2) is 4.98 Å². The zero-order valence-corrected chi connectivity index (χ0v) is 7.88. The molecule has 2 aromatic heterocycles. The Hall–Kier alpha value is -1.49. The summed E-state index contributed by atoms with van der Waals surface area (Å²) in [4.78, 5) is 8.52. The number of pyridine rings is 1. The summed E-state index contributed by atoms with van der Waals surface area (Å²) in [5, 5.41) is 0. The minimum Gasteiger partial charge on any atom is -0.387 e. The van der Waals surface area contributed by atoms with Crippen molar-refractivity contribution >= 4 is 28.2 Å². The number of nitrogens with zero attached hydrogens (tertiary/aromatic N) is 3. The lowest BCUT2D eigenvalue weighted by Gasteiger charge is -1.97. The first kappa shape index (κ1) is 8.12. The quantitative estimate of drug-likeness (QED) is 0.672. The van der Waals surface area contributed by atoms with Crippen LogP contribution in [0.4, 0.5) is 0 Å². The Kier molecular flexibility index (Phi) is 1.73. The molecule has 5 heteroatoms. The summed E-state index contributed by atoms with van der Waals surface area (Å²) >= 11 is 4.86. The maximum absolute atomic E-state index is 5.51. The highest BCUT2D eigenvalue weighted by Crippen LogP contribution is 2.12. The van der Waals surface area contributed by atoms with Gasteiger partial charge in [0.2, 0.25) is 0 Å². The number of hydrogen-bond acceptors (Lipinski definition) is 3. The van der Waals surface area contributed by atoms with Gasteiger partial charge in [0.25, 0.3) is 0 Å². The Morgan fingerprint density at radius 3 is 3.00 bits per heavy atom. The van der Waals surface area contributed by atoms with E-state index in [9.17, 15) is 0 Å². The molecular weight excluding hydrogens is 184 g/mol. The molecule has 2 rings (SSSR count). The van der Waals surface area contributed by atoms with Crippen molar-refractivity contribution in [2.24, 2.45) is 12.8 Å². The van der Waals surface area contributed by atoms with Crippen LogP contribution in [0.25, 0.3) is 11.0 Å². The van der Waals surface area contributed by atoms with E-state index in [4.69, 9.17) is 18.0 Å². The average molecular weight is 192 g/mol. The molecule has 0 radical (unpaired) electrons. The minimum absolute atomic E-state index is 0.304. The topological polar surface area (TPSA) is 56.7 Å². The van der Waals surface area contributed by atoms with Gasteiger partial charge in [-0.2, -0.15) is 0 Å². The SMILES string of the molecule is Cn1c(C(N)=S)nc2cnccc21. The van der Waals surface area contributed by atoms with Crippen LogP contribution in [0.5, 0.6) is 0 Å². The Morgan fingerprint density at radius 2 is 2.38 bits per heavy atom. The van der Waals surface area contributed by atoms with E-state index in [2.05, 4.69) is 9.97 Å². The van der Waals surface area contributed by atoms with Crippen molar-refractivity contribution in [3.8, 4) is 0 Å². The van der Waals surface area contributed by atoms with Crippen LogP contribution in [0.15, 0.2) is 18.5 Å². The smallest absolute Gasteiger partial charge is 0.168 e. The Labute approximate surface area is 80.4 Å². The molecule has 0 saturated carbocycles. The van der Waals surface area contributed by atoms with Gasteiger partial charge in [-0.1, -0.05) is 12.2 Å². The number of hydrogen-bond donors (Lipinski definition) is 1. The predicted molar refractivity (Wildman–Crippen MR) is 54.4 cm³/mol. The van der Waals surface area contributed by atoms with E-state index in [-0.39, 0.29) is 0 Å². The van der Waals surface area contributed by atoms with Crippen molar-refractivity contribution < 1.29 is 0 Å². The van der Waals surface area contributed by atoms with Crippen molar-refractivity contribution in [2.45, 2.75) is 0 Å². The van der Waals surface area contributed by atoms with Crippen LogP contribution in [0.2, 0.25) is 0 Å². The van der Waals surface area contributed by atoms with Gasteiger partial charge < -0.3 is 10.3 Å². The van der Waals surface area contributed by atoms with Crippen LogP contribution in [-0.2, 0) is 7.05 Å². The highest BCUT2D eigenvalue weighted by atomic mass is 32.1. The highest BCUT2D eigenvalue weighted by molar-refractivity contribution is 7.80. The molecule has 0 unspecified atom stereocenters. The first-order chi connectivity index (χ1) is 6.20. The van der Waals surface area contributed by atoms with Gasteiger partial charge in [0.1, 0.15) is 10.5 Å². The van der Waals surface area contributed by atoms with Crippen molar-refractivity contribution in [2.75, 3.05) is 0 Å². The molecule has 0 aromatic carbocycles. The molecule has 0 saturated heterocycles. The Bertz CT molecular complexity index is 474. The molecule has 2 aromatic rings. The molecule has 13 heavy (non-hydrogen) atoms. The molecule has 4 nitrogen and oxygen atoms in total. The summed E-state index contributed by atoms with van der Waals surface area (Å²) in [6.07, 6.45) is 3.41. The fourth-order valence-corrected chi connectivity index (χ4v) is 1.45. The summed E-state index contributed by atoms with van der Waals surface area (Å²) in [6.45, 7) is 0. The number of nitrogens with two attached hydrogens (primary N) is 1. The monoisotopic (exact) mass is 192 g/mol. The van der Waals surface area contributed by atoms with E-state index < -0.39 is 0 Å². The molecule has 0 aliphatic heterocycles. The number of rotatable bonds is 1. The number of aromatic nitrogens is 3. The molecule has 0 amide bonds. The molecule has 0 atom stereocenters. The first-order valence-corrected chi connectivity index (χ1v) is 4.17. The standard InChI is InChI=1S/C8H8N4S/c1-12-6-2-3-10-4-5(6)11-8(12)7(9)13/h2-4H,1H3,(H2,9,13). The normalized spacial score (nSPS) is 10.5. The molecule has 2 heterocycles. The average Bonchev–Trinajstić information content (AvgIpc) is 2.45. The maximum Gasteiger partial charge on any atom is 0.168 e. The summed E-state index contributed by atoms with van der Waals surface area (Å²) in [5.74, 6) is 0.623. The zero-order chi connectivity index (χ0) is 9.42. The van der Waals surface area contributed by atoms with Crippen LogP contribution in [-0.4, -0.2) is 19.5 Å². The van der Waals surface area contributed by atoms with Gasteiger partial charge in [0.05, 0.1) is 11.7 Å². The van der Waals surface area contributed by atoms with Gasteiger partial charge in [-0.05, 0) is 6.07 Å². The fourth-order valence-electron chi connectivity index (χ4n) is 1.27. The molecule has 0 bridgehead atoms. The van der Waals surface area contributed by atoms with E-state index >= 15 is 0 Å². The van der Waals surface area contributed by atoms with Gasteiger partial charge in [-0.3, -0.25) is 4.98 Å². The molecule has 0 fully saturated rings. The molecule has 0 spiro atoms. The van der Waals surface area contributed by atoms with Crippen LogP contribution in [0, 0.1) is 0 Å². The number of thiocarbonyl (C=S) groups is 1. The minimum atomic E-state index is 0.304. The first-order valence-electron chi connectivity index (χ1n) is 3.76. The van der Waals surface area contributed by atoms with E-state index in [1.807, 2.05) is 17.7 Å². The molecule has 2 N–H and O–H groups in total. The number of imidazole rings is 1. The third-order valence-corrected chi connectivity index (χ3v) is 2.09. The Balaban J connectivity index is 2.81. The van der Waals surface area contributed by atoms with Crippen LogP contribution in [0.3, 0.4) is 0 Å². The van der Waals surface area contributed by atoms with Gasteiger partial charge in [0, 0.05) is 13.2 Å². The van der Waals surface area contributed by atoms with Crippen LogP contribution >= 0.6 is 12.2 Å². The van der Waals surface area contributed by atoms with Crippen LogP contribution < -0.4 is 5.73 Å². The zero-order valence-electron chi connectivity index (χ0n) is 7.06. The van der Waals surface area contributed by atoms with E-state index in [1.165, 1.54) is 0 Å². The second kappa shape index (κ2) is 2.77. The summed E-state index contributed by atoms with van der Waals surface area (Å²) < 4.78 is 1.86. The van der Waals surface area contributed by atoms with Crippen molar-refractivity contribution in [3.63, 3.8) is 0 Å². The summed E-state index contributed by atoms with van der Waals surface area (Å²) in [5.41, 5.74) is 7.30. The predicted octanol–water partition coefficient (Wildman–Crippen LogP) is 0.603. The summed E-state index contributed by atoms with van der Waals surface area (Å²) in [7, 11) is 1.88. The van der Waals surface area contributed by atoms with Gasteiger partial charge >= 0.3 is 0 Å². The lowest BCUT2D eigenvalue weighted by molar-refractivity contribution is 0.931. The second-order valence-electron chi connectivity index (χ2n) is 2.72. The van der Waals surface area contributed by atoms with E-state index in [0.29, 0.717) is 10.8 Å². The summed E-state index contributed by atoms with van der Waals surface area (Å²) in [6, 6.07) is 1.88. The lowest BCUT2D eigenvalue weighted by Crippen LogP contribution is -2.15. The molecule has 66 valence electrons. The van der Waals surface area contributed by atoms with Gasteiger partial charge in [-0.15, -0.1) is 0 Å². The maximum atomic E-state index is 5.51. The second-order valence-corrected chi connectivity index (χ2v) is 3.16. The third-order valence-electron chi connectivity index (χ3n) is 1.90. The van der Waals surface area contributed by atoms with E-state index in [1.54, 1.807) is 12.4 Å². The van der Waals surface area contributed by atoms with Crippen molar-refractivity contribution in [1.82, 2.24) is 14.5 Å². The number of fused-ring (bicyclic) bond motifs is 1. The van der Waals surface area contributed by atoms with Crippen molar-refractivity contribution in [1.29, 1.82) is 0 Å². The van der Waals surface area contributed by atoms with Crippen LogP contribution in [0.1, 0.15) is 5.82 Å². The molecular formula is C8H8N4S.